The molecule has 6 heteroatoms. The molecule has 0 aliphatic rings. The van der Waals surface area contributed by atoms with Crippen LogP contribution in [0.25, 0.3) is 0 Å². The summed E-state index contributed by atoms with van der Waals surface area (Å²) < 4.78 is 0. The standard InChI is InChI=1S/C15H16N4O2/c1-10-3-5-16-12(7-10)18-14(20)9-15(21)19-13-8-11(2)4-6-17-13/h3-8H,9H2,1-2H3,(H,16,18,20)(H,17,19,21). The van der Waals surface area contributed by atoms with Crippen LogP contribution in [0.2, 0.25) is 0 Å². The van der Waals surface area contributed by atoms with Gasteiger partial charge >= 0.3 is 0 Å². The van der Waals surface area contributed by atoms with E-state index in [9.17, 15) is 9.59 Å². The third kappa shape index (κ3) is 4.68. The Kier molecular flexibility index (Phi) is 4.61. The van der Waals surface area contributed by atoms with Gasteiger partial charge in [-0.05, 0) is 49.2 Å². The molecule has 6 nitrogen and oxygen atoms in total. The summed E-state index contributed by atoms with van der Waals surface area (Å²) in [7, 11) is 0. The number of amides is 2. The first-order valence-electron chi connectivity index (χ1n) is 6.48. The first-order valence-corrected chi connectivity index (χ1v) is 6.48. The van der Waals surface area contributed by atoms with Crippen LogP contribution < -0.4 is 10.6 Å². The van der Waals surface area contributed by atoms with Gasteiger partial charge < -0.3 is 10.6 Å². The average molecular weight is 284 g/mol. The fourth-order valence-corrected chi connectivity index (χ4v) is 1.73. The molecule has 108 valence electrons. The van der Waals surface area contributed by atoms with Crippen LogP contribution in [0, 0.1) is 13.8 Å². The molecule has 0 atom stereocenters. The number of carbonyl (C=O) groups is 2. The summed E-state index contributed by atoms with van der Waals surface area (Å²) in [4.78, 5) is 31.5. The summed E-state index contributed by atoms with van der Waals surface area (Å²) >= 11 is 0. The predicted molar refractivity (Wildman–Crippen MR) is 79.8 cm³/mol. The molecule has 0 aromatic carbocycles. The number of rotatable bonds is 4. The van der Waals surface area contributed by atoms with E-state index in [0.29, 0.717) is 11.6 Å². The predicted octanol–water partition coefficient (Wildman–Crippen LogP) is 2.06. The van der Waals surface area contributed by atoms with E-state index in [2.05, 4.69) is 20.6 Å². The zero-order chi connectivity index (χ0) is 15.2. The van der Waals surface area contributed by atoms with E-state index < -0.39 is 11.8 Å². The van der Waals surface area contributed by atoms with Crippen LogP contribution in [0.4, 0.5) is 11.6 Å². The normalized spacial score (nSPS) is 10.0. The molecule has 0 spiro atoms. The van der Waals surface area contributed by atoms with E-state index in [0.717, 1.165) is 11.1 Å². The van der Waals surface area contributed by atoms with Gasteiger partial charge in [-0.3, -0.25) is 9.59 Å². The molecule has 2 rings (SSSR count). The molecule has 2 amide bonds. The average Bonchev–Trinajstić information content (AvgIpc) is 2.38. The van der Waals surface area contributed by atoms with Crippen LogP contribution in [0.5, 0.6) is 0 Å². The molecule has 2 heterocycles. The Balaban J connectivity index is 1.89. The van der Waals surface area contributed by atoms with Crippen molar-refractivity contribution < 1.29 is 9.59 Å². The fourth-order valence-electron chi connectivity index (χ4n) is 1.73. The van der Waals surface area contributed by atoms with Crippen molar-refractivity contribution in [3.05, 3.63) is 47.8 Å². The largest absolute Gasteiger partial charge is 0.310 e. The smallest absolute Gasteiger partial charge is 0.234 e. The lowest BCUT2D eigenvalue weighted by molar-refractivity contribution is -0.123. The van der Waals surface area contributed by atoms with Crippen molar-refractivity contribution in [2.24, 2.45) is 0 Å². The van der Waals surface area contributed by atoms with E-state index in [1.165, 1.54) is 0 Å². The van der Waals surface area contributed by atoms with Crippen LogP contribution in [0.15, 0.2) is 36.7 Å². The highest BCUT2D eigenvalue weighted by molar-refractivity contribution is 6.07. The van der Waals surface area contributed by atoms with Gasteiger partial charge in [0.1, 0.15) is 18.1 Å². The lowest BCUT2D eigenvalue weighted by Gasteiger charge is -2.06. The Labute approximate surface area is 122 Å². The minimum atomic E-state index is -0.418. The molecular formula is C15H16N4O2. The molecule has 0 bridgehead atoms. The third-order valence-corrected chi connectivity index (χ3v) is 2.69. The second kappa shape index (κ2) is 6.60. The summed E-state index contributed by atoms with van der Waals surface area (Å²) in [6, 6.07) is 7.12. The zero-order valence-corrected chi connectivity index (χ0v) is 11.9. The quantitative estimate of drug-likeness (QED) is 0.842. The number of carbonyl (C=O) groups excluding carboxylic acids is 2. The monoisotopic (exact) mass is 284 g/mol. The number of nitrogens with zero attached hydrogens (tertiary/aromatic N) is 2. The van der Waals surface area contributed by atoms with Gasteiger partial charge in [-0.2, -0.15) is 0 Å². The van der Waals surface area contributed by atoms with Crippen molar-refractivity contribution in [2.45, 2.75) is 20.3 Å². The van der Waals surface area contributed by atoms with Crippen molar-refractivity contribution in [3.8, 4) is 0 Å². The summed E-state index contributed by atoms with van der Waals surface area (Å²) in [6.07, 6.45) is 2.91. The Morgan fingerprint density at radius 3 is 1.71 bits per heavy atom. The van der Waals surface area contributed by atoms with Gasteiger partial charge in [-0.25, -0.2) is 9.97 Å². The van der Waals surface area contributed by atoms with Gasteiger partial charge in [0.25, 0.3) is 0 Å². The molecule has 0 radical (unpaired) electrons. The summed E-state index contributed by atoms with van der Waals surface area (Å²) in [5, 5.41) is 5.16. The van der Waals surface area contributed by atoms with Crippen LogP contribution in [-0.4, -0.2) is 21.8 Å². The number of anilines is 2. The first kappa shape index (κ1) is 14.6. The maximum Gasteiger partial charge on any atom is 0.234 e. The van der Waals surface area contributed by atoms with Gasteiger partial charge in [-0.15, -0.1) is 0 Å². The van der Waals surface area contributed by atoms with Crippen molar-refractivity contribution >= 4 is 23.5 Å². The van der Waals surface area contributed by atoms with Crippen LogP contribution in [0.3, 0.4) is 0 Å². The highest BCUT2D eigenvalue weighted by Crippen LogP contribution is 2.07. The number of aromatic nitrogens is 2. The van der Waals surface area contributed by atoms with Crippen LogP contribution in [0.1, 0.15) is 17.5 Å². The SMILES string of the molecule is Cc1ccnc(NC(=O)CC(=O)Nc2cc(C)ccn2)c1. The van der Waals surface area contributed by atoms with E-state index in [4.69, 9.17) is 0 Å². The molecule has 0 unspecified atom stereocenters. The highest BCUT2D eigenvalue weighted by atomic mass is 16.2. The molecule has 0 saturated carbocycles. The topological polar surface area (TPSA) is 84.0 Å². The minimum absolute atomic E-state index is 0.286. The van der Waals surface area contributed by atoms with E-state index in [-0.39, 0.29) is 6.42 Å². The number of aryl methyl sites for hydroxylation is 2. The van der Waals surface area contributed by atoms with Crippen molar-refractivity contribution in [1.82, 2.24) is 9.97 Å². The molecule has 0 aliphatic carbocycles. The fraction of sp³-hybridized carbons (Fsp3) is 0.200. The van der Waals surface area contributed by atoms with E-state index >= 15 is 0 Å². The lowest BCUT2D eigenvalue weighted by Crippen LogP contribution is -2.22. The molecular weight excluding hydrogens is 268 g/mol. The van der Waals surface area contributed by atoms with Crippen LogP contribution >= 0.6 is 0 Å². The molecule has 2 N–H and O–H groups in total. The molecule has 0 aliphatic heterocycles. The van der Waals surface area contributed by atoms with Gasteiger partial charge in [0.2, 0.25) is 11.8 Å². The molecule has 0 saturated heterocycles. The second-order valence-electron chi connectivity index (χ2n) is 4.71. The second-order valence-corrected chi connectivity index (χ2v) is 4.71. The van der Waals surface area contributed by atoms with Gasteiger partial charge in [0, 0.05) is 12.4 Å². The summed E-state index contributed by atoms with van der Waals surface area (Å²) in [6.45, 7) is 3.79. The van der Waals surface area contributed by atoms with Crippen molar-refractivity contribution in [1.29, 1.82) is 0 Å². The molecule has 21 heavy (non-hydrogen) atoms. The van der Waals surface area contributed by atoms with Gasteiger partial charge in [0.05, 0.1) is 0 Å². The number of hydrogen-bond acceptors (Lipinski definition) is 4. The number of pyridine rings is 2. The first-order chi connectivity index (χ1) is 10.0. The van der Waals surface area contributed by atoms with Gasteiger partial charge in [0.15, 0.2) is 0 Å². The zero-order valence-electron chi connectivity index (χ0n) is 11.9. The van der Waals surface area contributed by atoms with E-state index in [1.54, 1.807) is 24.5 Å². The van der Waals surface area contributed by atoms with E-state index in [1.807, 2.05) is 26.0 Å². The summed E-state index contributed by atoms with van der Waals surface area (Å²) in [5.74, 6) is 0.0273. The van der Waals surface area contributed by atoms with Gasteiger partial charge in [-0.1, -0.05) is 0 Å². The minimum Gasteiger partial charge on any atom is -0.310 e. The Morgan fingerprint density at radius 1 is 0.905 bits per heavy atom. The number of hydrogen-bond donors (Lipinski definition) is 2. The molecule has 2 aromatic heterocycles. The maximum absolute atomic E-state index is 11.8. The van der Waals surface area contributed by atoms with Crippen molar-refractivity contribution in [2.75, 3.05) is 10.6 Å². The third-order valence-electron chi connectivity index (χ3n) is 2.69. The molecule has 0 fully saturated rings. The van der Waals surface area contributed by atoms with Crippen LogP contribution in [-0.2, 0) is 9.59 Å². The lowest BCUT2D eigenvalue weighted by atomic mass is 10.3. The Morgan fingerprint density at radius 2 is 1.33 bits per heavy atom. The summed E-state index contributed by atoms with van der Waals surface area (Å²) in [5.41, 5.74) is 1.96. The Hall–Kier alpha value is -2.76. The van der Waals surface area contributed by atoms with Crippen molar-refractivity contribution in [3.63, 3.8) is 0 Å². The number of nitrogens with one attached hydrogen (secondary N) is 2. The Bertz CT molecular complexity index is 613. The highest BCUT2D eigenvalue weighted by Gasteiger charge is 2.11. The maximum atomic E-state index is 11.8. The molecule has 2 aromatic rings.